The van der Waals surface area contributed by atoms with E-state index in [0.717, 1.165) is 49.7 Å². The second-order valence-electron chi connectivity index (χ2n) is 7.61. The normalized spacial score (nSPS) is 18.6. The molecule has 0 spiro atoms. The third-order valence-corrected chi connectivity index (χ3v) is 5.05. The van der Waals surface area contributed by atoms with Gasteiger partial charge in [0.25, 0.3) is 0 Å². The first-order valence-electron chi connectivity index (χ1n) is 10.3. The summed E-state index contributed by atoms with van der Waals surface area (Å²) in [6.45, 7) is 11.0. The van der Waals surface area contributed by atoms with Crippen LogP contribution in [0, 0.1) is 0 Å². The molecular weight excluding hydrogens is 348 g/mol. The van der Waals surface area contributed by atoms with E-state index in [4.69, 9.17) is 10.7 Å². The predicted molar refractivity (Wildman–Crippen MR) is 119 cm³/mol. The van der Waals surface area contributed by atoms with Crippen LogP contribution in [0.1, 0.15) is 64.0 Å². The Hall–Kier alpha value is -2.34. The van der Waals surface area contributed by atoms with Crippen LogP contribution in [0.3, 0.4) is 0 Å². The standard InChI is InChI=1S/C20H32N6.C2H4/c1-4-6-17(22-18-14-16(24-25-18)15-8-9-15)23-19(7-5-2)26(3)13-12-20(21)10-11-20;1-2/h4,6-7,14-15H,5,8-13,21H2,1-3H3,(H2,22,23,24,25);1-2H2/b6-4-,19-7-;. The van der Waals surface area contributed by atoms with Crippen LogP contribution in [-0.2, 0) is 0 Å². The molecule has 3 rings (SSSR count). The number of aromatic nitrogens is 2. The highest BCUT2D eigenvalue weighted by Gasteiger charge is 2.37. The van der Waals surface area contributed by atoms with Crippen LogP contribution < -0.4 is 11.1 Å². The van der Waals surface area contributed by atoms with Gasteiger partial charge in [-0.1, -0.05) is 13.0 Å². The highest BCUT2D eigenvalue weighted by molar-refractivity contribution is 6.03. The molecule has 154 valence electrons. The van der Waals surface area contributed by atoms with Crippen molar-refractivity contribution >= 4 is 11.7 Å². The van der Waals surface area contributed by atoms with Crippen molar-refractivity contribution in [3.63, 3.8) is 0 Å². The first kappa shape index (κ1) is 22.0. The highest BCUT2D eigenvalue weighted by Crippen LogP contribution is 2.39. The molecule has 0 aromatic carbocycles. The van der Waals surface area contributed by atoms with E-state index in [9.17, 15) is 0 Å². The topological polar surface area (TPSA) is 82.3 Å². The fraction of sp³-hybridized carbons (Fsp3) is 0.545. The molecule has 0 bridgehead atoms. The fourth-order valence-corrected chi connectivity index (χ4v) is 2.91. The van der Waals surface area contributed by atoms with Crippen LogP contribution in [0.2, 0.25) is 0 Å². The van der Waals surface area contributed by atoms with Crippen molar-refractivity contribution in [1.29, 1.82) is 0 Å². The largest absolute Gasteiger partial charge is 0.360 e. The van der Waals surface area contributed by atoms with Crippen LogP contribution in [0.25, 0.3) is 0 Å². The number of nitrogens with two attached hydrogens (primary N) is 1. The van der Waals surface area contributed by atoms with E-state index in [2.05, 4.69) is 59.7 Å². The van der Waals surface area contributed by atoms with E-state index >= 15 is 0 Å². The molecule has 0 unspecified atom stereocenters. The maximum Gasteiger partial charge on any atom is 0.153 e. The molecule has 1 aromatic heterocycles. The number of hydrogen-bond donors (Lipinski definition) is 3. The molecule has 0 saturated heterocycles. The number of rotatable bonds is 9. The second kappa shape index (κ2) is 10.3. The van der Waals surface area contributed by atoms with Crippen molar-refractivity contribution in [3.8, 4) is 0 Å². The quantitative estimate of drug-likeness (QED) is 0.332. The molecule has 2 aliphatic rings. The van der Waals surface area contributed by atoms with Crippen LogP contribution >= 0.6 is 0 Å². The number of hydrogen-bond acceptors (Lipinski definition) is 4. The summed E-state index contributed by atoms with van der Waals surface area (Å²) in [5, 5.41) is 10.8. The van der Waals surface area contributed by atoms with Crippen LogP contribution in [0.5, 0.6) is 0 Å². The van der Waals surface area contributed by atoms with Crippen molar-refractivity contribution in [1.82, 2.24) is 15.1 Å². The molecule has 0 amide bonds. The van der Waals surface area contributed by atoms with Crippen LogP contribution in [0.15, 0.2) is 48.3 Å². The zero-order chi connectivity index (χ0) is 20.6. The summed E-state index contributed by atoms with van der Waals surface area (Å²) in [5.74, 6) is 3.24. The van der Waals surface area contributed by atoms with Crippen molar-refractivity contribution in [2.45, 2.75) is 63.8 Å². The number of nitrogens with zero attached hydrogens (tertiary/aromatic N) is 3. The van der Waals surface area contributed by atoms with Crippen molar-refractivity contribution in [3.05, 3.63) is 49.0 Å². The van der Waals surface area contributed by atoms with Gasteiger partial charge in [0.05, 0.1) is 0 Å². The lowest BCUT2D eigenvalue weighted by Gasteiger charge is -2.22. The van der Waals surface area contributed by atoms with Gasteiger partial charge in [-0.2, -0.15) is 5.10 Å². The molecule has 6 heteroatoms. The number of aromatic amines is 1. The SMILES string of the molecule is C=C.C\C=C/C(=N\C(=C\CC)N(C)CCC1(N)CC1)Nc1cc(C2CC2)[nH]n1. The maximum absolute atomic E-state index is 6.23. The van der Waals surface area contributed by atoms with Crippen molar-refractivity contribution in [2.24, 2.45) is 10.7 Å². The Morgan fingerprint density at radius 1 is 1.46 bits per heavy atom. The Morgan fingerprint density at radius 3 is 2.75 bits per heavy atom. The van der Waals surface area contributed by atoms with Gasteiger partial charge in [-0.15, -0.1) is 13.2 Å². The van der Waals surface area contributed by atoms with Gasteiger partial charge < -0.3 is 16.0 Å². The Bertz CT molecular complexity index is 706. The first-order chi connectivity index (χ1) is 13.5. The van der Waals surface area contributed by atoms with Crippen molar-refractivity contribution < 1.29 is 0 Å². The lowest BCUT2D eigenvalue weighted by Crippen LogP contribution is -2.29. The van der Waals surface area contributed by atoms with Gasteiger partial charge in [0.1, 0.15) is 11.7 Å². The molecule has 0 atom stereocenters. The van der Waals surface area contributed by atoms with Gasteiger partial charge in [-0.25, -0.2) is 4.99 Å². The number of H-pyrrole nitrogens is 1. The Kier molecular flexibility index (Phi) is 8.05. The number of amidine groups is 1. The number of anilines is 1. The number of allylic oxidation sites excluding steroid dienone is 2. The molecule has 6 nitrogen and oxygen atoms in total. The zero-order valence-corrected chi connectivity index (χ0v) is 17.7. The minimum atomic E-state index is 0.0634. The molecule has 1 heterocycles. The van der Waals surface area contributed by atoms with E-state index < -0.39 is 0 Å². The molecule has 2 saturated carbocycles. The molecule has 2 fully saturated rings. The van der Waals surface area contributed by atoms with E-state index in [1.165, 1.54) is 18.5 Å². The molecular formula is C22H36N6. The fourth-order valence-electron chi connectivity index (χ4n) is 2.91. The molecule has 4 N–H and O–H groups in total. The average molecular weight is 385 g/mol. The van der Waals surface area contributed by atoms with E-state index in [1.807, 2.05) is 19.1 Å². The van der Waals surface area contributed by atoms with Gasteiger partial charge in [0.15, 0.2) is 5.82 Å². The minimum Gasteiger partial charge on any atom is -0.360 e. The summed E-state index contributed by atoms with van der Waals surface area (Å²) >= 11 is 0. The summed E-state index contributed by atoms with van der Waals surface area (Å²) in [6, 6.07) is 2.09. The van der Waals surface area contributed by atoms with Crippen LogP contribution in [0.4, 0.5) is 5.82 Å². The van der Waals surface area contributed by atoms with E-state index in [-0.39, 0.29) is 5.54 Å². The molecule has 1 aromatic rings. The lowest BCUT2D eigenvalue weighted by molar-refractivity contribution is 0.378. The summed E-state index contributed by atoms with van der Waals surface area (Å²) < 4.78 is 0. The first-order valence-corrected chi connectivity index (χ1v) is 10.3. The van der Waals surface area contributed by atoms with Gasteiger partial charge in [0, 0.05) is 36.8 Å². The van der Waals surface area contributed by atoms with E-state index in [1.54, 1.807) is 0 Å². The third-order valence-electron chi connectivity index (χ3n) is 5.05. The number of nitrogens with one attached hydrogen (secondary N) is 2. The van der Waals surface area contributed by atoms with Crippen molar-refractivity contribution in [2.75, 3.05) is 18.9 Å². The zero-order valence-electron chi connectivity index (χ0n) is 17.7. The molecule has 0 aliphatic heterocycles. The van der Waals surface area contributed by atoms with E-state index in [0.29, 0.717) is 5.92 Å². The van der Waals surface area contributed by atoms with Gasteiger partial charge in [0.2, 0.25) is 0 Å². The summed E-state index contributed by atoms with van der Waals surface area (Å²) in [7, 11) is 2.09. The van der Waals surface area contributed by atoms with Gasteiger partial charge in [-0.3, -0.25) is 5.10 Å². The van der Waals surface area contributed by atoms with Gasteiger partial charge >= 0.3 is 0 Å². The Morgan fingerprint density at radius 2 is 2.18 bits per heavy atom. The van der Waals surface area contributed by atoms with Gasteiger partial charge in [-0.05, 0) is 57.6 Å². The molecule has 2 aliphatic carbocycles. The summed E-state index contributed by atoms with van der Waals surface area (Å²) in [4.78, 5) is 7.05. The molecule has 28 heavy (non-hydrogen) atoms. The minimum absolute atomic E-state index is 0.0634. The highest BCUT2D eigenvalue weighted by atomic mass is 15.2. The Labute approximate surface area is 169 Å². The predicted octanol–water partition coefficient (Wildman–Crippen LogP) is 4.54. The molecule has 0 radical (unpaired) electrons. The monoisotopic (exact) mass is 384 g/mol. The maximum atomic E-state index is 6.23. The average Bonchev–Trinajstić information content (AvgIpc) is 3.62. The second-order valence-corrected chi connectivity index (χ2v) is 7.61. The van der Waals surface area contributed by atoms with Crippen LogP contribution in [-0.4, -0.2) is 40.1 Å². The summed E-state index contributed by atoms with van der Waals surface area (Å²) in [5.41, 5.74) is 7.51. The third kappa shape index (κ3) is 6.68. The summed E-state index contributed by atoms with van der Waals surface area (Å²) in [6.07, 6.45) is 12.9. The Balaban J connectivity index is 0.00000136. The number of aliphatic imine (C=N–C) groups is 1. The lowest BCUT2D eigenvalue weighted by atomic mass is 10.2. The smallest absolute Gasteiger partial charge is 0.153 e.